The molecule has 2 aromatic carbocycles. The monoisotopic (exact) mass is 429 g/mol. The zero-order valence-corrected chi connectivity index (χ0v) is 17.7. The fraction of sp³-hybridized carbons (Fsp3) is 0.160. The van der Waals surface area contributed by atoms with Crippen LogP contribution in [0.25, 0.3) is 22.4 Å². The normalized spacial score (nSPS) is 11.8. The van der Waals surface area contributed by atoms with Crippen molar-refractivity contribution >= 4 is 5.95 Å². The molecule has 7 heteroatoms. The molecule has 0 radical (unpaired) electrons. The maximum absolute atomic E-state index is 13.5. The van der Waals surface area contributed by atoms with Crippen LogP contribution in [-0.4, -0.2) is 27.1 Å². The van der Waals surface area contributed by atoms with Crippen molar-refractivity contribution in [3.63, 3.8) is 0 Å². The molecule has 0 saturated heterocycles. The molecule has 2 aromatic heterocycles. The predicted octanol–water partition coefficient (Wildman–Crippen LogP) is 3.63. The highest BCUT2D eigenvalue weighted by molar-refractivity contribution is 5.80. The average Bonchev–Trinajstić information content (AvgIpc) is 2.82. The molecule has 3 N–H and O–H groups in total. The highest BCUT2D eigenvalue weighted by atomic mass is 19.1. The van der Waals surface area contributed by atoms with Gasteiger partial charge in [0.1, 0.15) is 5.82 Å². The number of hydrogen-bond acceptors (Lipinski definition) is 5. The summed E-state index contributed by atoms with van der Waals surface area (Å²) in [6.07, 6.45) is 3.99. The van der Waals surface area contributed by atoms with E-state index in [1.54, 1.807) is 43.7 Å². The van der Waals surface area contributed by atoms with Crippen molar-refractivity contribution in [1.29, 1.82) is 0 Å². The van der Waals surface area contributed by atoms with Crippen LogP contribution in [-0.2, 0) is 13.5 Å². The molecular formula is C25H24FN5O. The van der Waals surface area contributed by atoms with Gasteiger partial charge >= 0.3 is 0 Å². The van der Waals surface area contributed by atoms with Gasteiger partial charge in [0.25, 0.3) is 5.56 Å². The second-order valence-electron chi connectivity index (χ2n) is 7.60. The summed E-state index contributed by atoms with van der Waals surface area (Å²) in [6.45, 7) is 0.445. The first-order valence-electron chi connectivity index (χ1n) is 10.3. The number of rotatable bonds is 7. The smallest absolute Gasteiger partial charge is 0.263 e. The van der Waals surface area contributed by atoms with E-state index in [2.05, 4.69) is 10.3 Å². The standard InChI is InChI=1S/C25H24FN5O/c1-31-24(32)22(18-7-9-20(26)10-8-18)23(19-11-13-28-14-12-19)30-25(31)29-16-21(27)15-17-5-3-2-4-6-17/h2-14,21H,15-16,27H2,1H3,(H,29,30)/t21-/m0/s1. The van der Waals surface area contributed by atoms with Crippen molar-refractivity contribution < 1.29 is 4.39 Å². The first kappa shape index (κ1) is 21.4. The molecule has 4 aromatic rings. The summed E-state index contributed by atoms with van der Waals surface area (Å²) in [7, 11) is 1.66. The van der Waals surface area contributed by atoms with E-state index in [4.69, 9.17) is 10.7 Å². The van der Waals surface area contributed by atoms with Crippen LogP contribution in [0.1, 0.15) is 5.56 Å². The van der Waals surface area contributed by atoms with Crippen molar-refractivity contribution in [2.45, 2.75) is 12.5 Å². The van der Waals surface area contributed by atoms with Gasteiger partial charge in [0.05, 0.1) is 11.3 Å². The number of hydrogen-bond donors (Lipinski definition) is 2. The minimum Gasteiger partial charge on any atom is -0.354 e. The van der Waals surface area contributed by atoms with E-state index in [1.165, 1.54) is 16.7 Å². The molecule has 32 heavy (non-hydrogen) atoms. The van der Waals surface area contributed by atoms with Crippen LogP contribution in [0.15, 0.2) is 83.9 Å². The third-order valence-corrected chi connectivity index (χ3v) is 5.24. The average molecular weight is 429 g/mol. The van der Waals surface area contributed by atoms with Gasteiger partial charge in [0, 0.05) is 37.6 Å². The third-order valence-electron chi connectivity index (χ3n) is 5.24. The molecule has 0 aliphatic carbocycles. The highest BCUT2D eigenvalue weighted by Gasteiger charge is 2.18. The molecule has 0 bridgehead atoms. The van der Waals surface area contributed by atoms with Crippen molar-refractivity contribution in [1.82, 2.24) is 14.5 Å². The predicted molar refractivity (Wildman–Crippen MR) is 125 cm³/mol. The lowest BCUT2D eigenvalue weighted by atomic mass is 10.0. The lowest BCUT2D eigenvalue weighted by molar-refractivity contribution is 0.628. The van der Waals surface area contributed by atoms with E-state index >= 15 is 0 Å². The van der Waals surface area contributed by atoms with E-state index < -0.39 is 0 Å². The molecule has 2 heterocycles. The number of nitrogens with zero attached hydrogens (tertiary/aromatic N) is 3. The Balaban J connectivity index is 1.69. The Morgan fingerprint density at radius 3 is 2.38 bits per heavy atom. The van der Waals surface area contributed by atoms with E-state index in [0.29, 0.717) is 35.7 Å². The molecule has 162 valence electrons. The van der Waals surface area contributed by atoms with Gasteiger partial charge in [0.2, 0.25) is 5.95 Å². The summed E-state index contributed by atoms with van der Waals surface area (Å²) >= 11 is 0. The van der Waals surface area contributed by atoms with Crippen LogP contribution in [0.4, 0.5) is 10.3 Å². The molecule has 6 nitrogen and oxygen atoms in total. The number of pyridine rings is 1. The molecule has 0 fully saturated rings. The third kappa shape index (κ3) is 4.73. The van der Waals surface area contributed by atoms with E-state index in [-0.39, 0.29) is 17.4 Å². The van der Waals surface area contributed by atoms with Crippen molar-refractivity contribution in [3.05, 3.63) is 101 Å². The molecule has 0 aliphatic rings. The number of benzene rings is 2. The summed E-state index contributed by atoms with van der Waals surface area (Å²) in [5.74, 6) is 0.0471. The Morgan fingerprint density at radius 1 is 1.00 bits per heavy atom. The maximum Gasteiger partial charge on any atom is 0.263 e. The van der Waals surface area contributed by atoms with Crippen LogP contribution in [0.3, 0.4) is 0 Å². The minimum absolute atomic E-state index is 0.157. The SMILES string of the molecule is Cn1c(NC[C@@H](N)Cc2ccccc2)nc(-c2ccncc2)c(-c2ccc(F)cc2)c1=O. The van der Waals surface area contributed by atoms with Crippen LogP contribution in [0, 0.1) is 5.82 Å². The Labute approximate surface area is 185 Å². The lowest BCUT2D eigenvalue weighted by Crippen LogP contribution is -2.34. The van der Waals surface area contributed by atoms with Gasteiger partial charge in [0.15, 0.2) is 0 Å². The van der Waals surface area contributed by atoms with Gasteiger partial charge in [-0.3, -0.25) is 14.3 Å². The second kappa shape index (κ2) is 9.53. The second-order valence-corrected chi connectivity index (χ2v) is 7.60. The fourth-order valence-corrected chi connectivity index (χ4v) is 3.57. The molecular weight excluding hydrogens is 405 g/mol. The Morgan fingerprint density at radius 2 is 1.69 bits per heavy atom. The Bertz CT molecular complexity index is 1240. The first-order chi connectivity index (χ1) is 15.5. The Kier molecular flexibility index (Phi) is 6.37. The molecule has 1 atom stereocenters. The molecule has 0 saturated carbocycles. The van der Waals surface area contributed by atoms with Crippen molar-refractivity contribution in [3.8, 4) is 22.4 Å². The summed E-state index contributed by atoms with van der Waals surface area (Å²) in [4.78, 5) is 22.2. The highest BCUT2D eigenvalue weighted by Crippen LogP contribution is 2.28. The summed E-state index contributed by atoms with van der Waals surface area (Å²) < 4.78 is 14.9. The van der Waals surface area contributed by atoms with Crippen LogP contribution in [0.5, 0.6) is 0 Å². The first-order valence-corrected chi connectivity index (χ1v) is 10.3. The summed E-state index contributed by atoms with van der Waals surface area (Å²) in [5, 5.41) is 3.22. The largest absolute Gasteiger partial charge is 0.354 e. The van der Waals surface area contributed by atoms with E-state index in [9.17, 15) is 9.18 Å². The zero-order valence-electron chi connectivity index (χ0n) is 17.7. The van der Waals surface area contributed by atoms with Crippen molar-refractivity contribution in [2.75, 3.05) is 11.9 Å². The van der Waals surface area contributed by atoms with Gasteiger partial charge in [-0.1, -0.05) is 42.5 Å². The molecule has 0 amide bonds. The quantitative estimate of drug-likeness (QED) is 0.469. The van der Waals surface area contributed by atoms with Gasteiger partial charge in [-0.2, -0.15) is 0 Å². The lowest BCUT2D eigenvalue weighted by Gasteiger charge is -2.18. The zero-order chi connectivity index (χ0) is 22.5. The van der Waals surface area contributed by atoms with Crippen LogP contribution >= 0.6 is 0 Å². The topological polar surface area (TPSA) is 85.8 Å². The Hall–Kier alpha value is -3.84. The number of halogens is 1. The van der Waals surface area contributed by atoms with Crippen LogP contribution in [0.2, 0.25) is 0 Å². The minimum atomic E-state index is -0.366. The van der Waals surface area contributed by atoms with Gasteiger partial charge < -0.3 is 11.1 Å². The van der Waals surface area contributed by atoms with Crippen molar-refractivity contribution in [2.24, 2.45) is 12.8 Å². The molecule has 0 spiro atoms. The van der Waals surface area contributed by atoms with E-state index in [0.717, 1.165) is 11.1 Å². The summed E-state index contributed by atoms with van der Waals surface area (Å²) in [6, 6.07) is 19.3. The number of nitrogens with two attached hydrogens (primary N) is 1. The number of nitrogens with one attached hydrogen (secondary N) is 1. The number of aromatic nitrogens is 3. The van der Waals surface area contributed by atoms with Gasteiger partial charge in [-0.05, 0) is 41.8 Å². The van der Waals surface area contributed by atoms with E-state index in [1.807, 2.05) is 30.3 Å². The molecule has 4 rings (SSSR count). The summed E-state index contributed by atoms with van der Waals surface area (Å²) in [5.41, 5.74) is 9.45. The fourth-order valence-electron chi connectivity index (χ4n) is 3.57. The number of anilines is 1. The maximum atomic E-state index is 13.5. The molecule has 0 unspecified atom stereocenters. The molecule has 0 aliphatic heterocycles. The van der Waals surface area contributed by atoms with Crippen LogP contribution < -0.4 is 16.6 Å². The van der Waals surface area contributed by atoms with Gasteiger partial charge in [-0.15, -0.1) is 0 Å². The van der Waals surface area contributed by atoms with Gasteiger partial charge in [-0.25, -0.2) is 9.37 Å².